The second-order valence-corrected chi connectivity index (χ2v) is 5.30. The zero-order chi connectivity index (χ0) is 15.5. The second-order valence-electron chi connectivity index (χ2n) is 5.30. The Morgan fingerprint density at radius 1 is 1.27 bits per heavy atom. The monoisotopic (exact) mass is 299 g/mol. The molecule has 0 N–H and O–H groups in total. The summed E-state index contributed by atoms with van der Waals surface area (Å²) >= 11 is 0. The summed E-state index contributed by atoms with van der Waals surface area (Å²) in [5.41, 5.74) is 2.09. The molecular formula is C15H17N5O2. The van der Waals surface area contributed by atoms with Gasteiger partial charge in [0.05, 0.1) is 12.7 Å². The predicted molar refractivity (Wildman–Crippen MR) is 78.5 cm³/mol. The van der Waals surface area contributed by atoms with E-state index >= 15 is 0 Å². The second kappa shape index (κ2) is 6.05. The van der Waals surface area contributed by atoms with Crippen LogP contribution < -0.4 is 4.74 Å². The first-order valence-corrected chi connectivity index (χ1v) is 7.16. The van der Waals surface area contributed by atoms with Crippen LogP contribution in [0.4, 0.5) is 0 Å². The molecule has 0 saturated carbocycles. The van der Waals surface area contributed by atoms with E-state index in [1.165, 1.54) is 12.4 Å². The zero-order valence-corrected chi connectivity index (χ0v) is 12.6. The highest BCUT2D eigenvalue weighted by atomic mass is 16.5. The molecule has 2 aromatic heterocycles. The molecule has 1 amide bonds. The molecule has 1 aliphatic heterocycles. The summed E-state index contributed by atoms with van der Waals surface area (Å²) in [5.74, 6) is -0.124. The lowest BCUT2D eigenvalue weighted by Gasteiger charge is -2.16. The number of rotatable bonds is 3. The van der Waals surface area contributed by atoms with Gasteiger partial charge in [-0.2, -0.15) is 0 Å². The van der Waals surface area contributed by atoms with Crippen LogP contribution >= 0.6 is 0 Å². The van der Waals surface area contributed by atoms with E-state index in [1.54, 1.807) is 11.1 Å². The number of nitrogens with zero attached hydrogens (tertiary/aromatic N) is 5. The lowest BCUT2D eigenvalue weighted by molar-refractivity contribution is 0.0763. The van der Waals surface area contributed by atoms with E-state index in [9.17, 15) is 4.79 Å². The molecule has 0 aromatic carbocycles. The number of likely N-dealkylation sites (tertiary alicyclic amines) is 1. The molecule has 7 nitrogen and oxygen atoms in total. The van der Waals surface area contributed by atoms with Crippen molar-refractivity contribution in [3.8, 4) is 6.01 Å². The maximum atomic E-state index is 12.3. The standard InChI is InChI=1S/C15H17N5O2/c1-10-7-11(2)19-15(18-10)22-12-3-6-20(9-12)14(21)13-8-16-4-5-17-13/h4-5,7-8,12H,3,6,9H2,1-2H3. The van der Waals surface area contributed by atoms with E-state index in [0.717, 1.165) is 17.8 Å². The minimum atomic E-state index is -0.124. The fourth-order valence-electron chi connectivity index (χ4n) is 2.48. The largest absolute Gasteiger partial charge is 0.458 e. The Balaban J connectivity index is 1.64. The number of aryl methyl sites for hydroxylation is 2. The fraction of sp³-hybridized carbons (Fsp3) is 0.400. The van der Waals surface area contributed by atoms with Crippen LogP contribution in [0, 0.1) is 13.8 Å². The topological polar surface area (TPSA) is 81.1 Å². The van der Waals surface area contributed by atoms with Crippen LogP contribution in [0.1, 0.15) is 28.3 Å². The summed E-state index contributed by atoms with van der Waals surface area (Å²) in [7, 11) is 0. The Morgan fingerprint density at radius 2 is 2.05 bits per heavy atom. The molecule has 3 heterocycles. The first-order chi connectivity index (χ1) is 10.6. The maximum Gasteiger partial charge on any atom is 0.317 e. The maximum absolute atomic E-state index is 12.3. The average molecular weight is 299 g/mol. The summed E-state index contributed by atoms with van der Waals surface area (Å²) in [6.45, 7) is 4.94. The molecule has 114 valence electrons. The van der Waals surface area contributed by atoms with E-state index in [2.05, 4.69) is 19.9 Å². The predicted octanol–water partition coefficient (Wildman–Crippen LogP) is 1.18. The zero-order valence-electron chi connectivity index (χ0n) is 12.6. The molecule has 0 aliphatic carbocycles. The molecule has 0 spiro atoms. The van der Waals surface area contributed by atoms with Gasteiger partial charge in [-0.25, -0.2) is 15.0 Å². The van der Waals surface area contributed by atoms with Gasteiger partial charge in [-0.05, 0) is 19.9 Å². The fourth-order valence-corrected chi connectivity index (χ4v) is 2.48. The van der Waals surface area contributed by atoms with Gasteiger partial charge in [0.2, 0.25) is 0 Å². The number of aromatic nitrogens is 4. The van der Waals surface area contributed by atoms with Crippen molar-refractivity contribution >= 4 is 5.91 Å². The summed E-state index contributed by atoms with van der Waals surface area (Å²) < 4.78 is 5.80. The molecule has 2 aromatic rings. The third-order valence-electron chi connectivity index (χ3n) is 3.45. The highest BCUT2D eigenvalue weighted by Crippen LogP contribution is 2.17. The van der Waals surface area contributed by atoms with Crippen molar-refractivity contribution in [3.05, 3.63) is 41.7 Å². The van der Waals surface area contributed by atoms with Crippen molar-refractivity contribution in [3.63, 3.8) is 0 Å². The van der Waals surface area contributed by atoms with Crippen LogP contribution in [-0.4, -0.2) is 49.9 Å². The van der Waals surface area contributed by atoms with Crippen LogP contribution in [0.2, 0.25) is 0 Å². The summed E-state index contributed by atoms with van der Waals surface area (Å²) in [6.07, 6.45) is 5.19. The van der Waals surface area contributed by atoms with Crippen molar-refractivity contribution in [2.75, 3.05) is 13.1 Å². The van der Waals surface area contributed by atoms with Crippen molar-refractivity contribution in [2.45, 2.75) is 26.4 Å². The van der Waals surface area contributed by atoms with Gasteiger partial charge in [0.15, 0.2) is 0 Å². The minimum Gasteiger partial charge on any atom is -0.458 e. The minimum absolute atomic E-state index is 0.0955. The van der Waals surface area contributed by atoms with Crippen molar-refractivity contribution in [2.24, 2.45) is 0 Å². The molecule has 0 radical (unpaired) electrons. The van der Waals surface area contributed by atoms with Crippen LogP contribution in [-0.2, 0) is 0 Å². The number of amides is 1. The van der Waals surface area contributed by atoms with E-state index in [-0.39, 0.29) is 12.0 Å². The number of ether oxygens (including phenoxy) is 1. The molecule has 1 aliphatic rings. The normalized spacial score (nSPS) is 17.5. The molecule has 7 heteroatoms. The van der Waals surface area contributed by atoms with Crippen LogP contribution in [0.25, 0.3) is 0 Å². The smallest absolute Gasteiger partial charge is 0.317 e. The van der Waals surface area contributed by atoms with Crippen LogP contribution in [0.15, 0.2) is 24.7 Å². The Morgan fingerprint density at radius 3 is 2.73 bits per heavy atom. The number of hydrogen-bond acceptors (Lipinski definition) is 6. The third-order valence-corrected chi connectivity index (χ3v) is 3.45. The van der Waals surface area contributed by atoms with Crippen LogP contribution in [0.5, 0.6) is 6.01 Å². The summed E-state index contributed by atoms with van der Waals surface area (Å²) in [6, 6.07) is 2.27. The van der Waals surface area contributed by atoms with Crippen LogP contribution in [0.3, 0.4) is 0 Å². The molecule has 22 heavy (non-hydrogen) atoms. The molecular weight excluding hydrogens is 282 g/mol. The number of carbonyl (C=O) groups is 1. The van der Waals surface area contributed by atoms with Gasteiger partial charge in [0.1, 0.15) is 11.8 Å². The van der Waals surface area contributed by atoms with Gasteiger partial charge in [-0.3, -0.25) is 9.78 Å². The summed E-state index contributed by atoms with van der Waals surface area (Å²) in [4.78, 5) is 30.5. The van der Waals surface area contributed by atoms with Crippen molar-refractivity contribution in [1.29, 1.82) is 0 Å². The Labute approximate surface area is 128 Å². The molecule has 0 bridgehead atoms. The SMILES string of the molecule is Cc1cc(C)nc(OC2CCN(C(=O)c3cnccn3)C2)n1. The van der Waals surface area contributed by atoms with Crippen molar-refractivity contribution < 1.29 is 9.53 Å². The first-order valence-electron chi connectivity index (χ1n) is 7.16. The Kier molecular flexibility index (Phi) is 3.95. The van der Waals surface area contributed by atoms with Gasteiger partial charge in [0.25, 0.3) is 5.91 Å². The first kappa shape index (κ1) is 14.4. The van der Waals surface area contributed by atoms with E-state index in [4.69, 9.17) is 4.74 Å². The van der Waals surface area contributed by atoms with E-state index < -0.39 is 0 Å². The Bertz CT molecular complexity index is 657. The molecule has 1 saturated heterocycles. The lowest BCUT2D eigenvalue weighted by atomic mass is 10.3. The third kappa shape index (κ3) is 3.19. The number of carbonyl (C=O) groups excluding carboxylic acids is 1. The van der Waals surface area contributed by atoms with Gasteiger partial charge in [0, 0.05) is 36.7 Å². The van der Waals surface area contributed by atoms with Gasteiger partial charge in [-0.1, -0.05) is 0 Å². The quantitative estimate of drug-likeness (QED) is 0.846. The van der Waals surface area contributed by atoms with E-state index in [0.29, 0.717) is 24.8 Å². The highest BCUT2D eigenvalue weighted by Gasteiger charge is 2.29. The average Bonchev–Trinajstić information content (AvgIpc) is 2.95. The molecule has 1 unspecified atom stereocenters. The molecule has 1 fully saturated rings. The molecule has 1 atom stereocenters. The van der Waals surface area contributed by atoms with Gasteiger partial charge < -0.3 is 9.64 Å². The van der Waals surface area contributed by atoms with E-state index in [1.807, 2.05) is 19.9 Å². The summed E-state index contributed by atoms with van der Waals surface area (Å²) in [5, 5.41) is 0. The highest BCUT2D eigenvalue weighted by molar-refractivity contribution is 5.92. The number of hydrogen-bond donors (Lipinski definition) is 0. The van der Waals surface area contributed by atoms with Crippen molar-refractivity contribution in [1.82, 2.24) is 24.8 Å². The lowest BCUT2D eigenvalue weighted by Crippen LogP contribution is -2.31. The van der Waals surface area contributed by atoms with Gasteiger partial charge >= 0.3 is 6.01 Å². The Hall–Kier alpha value is -2.57. The van der Waals surface area contributed by atoms with Gasteiger partial charge in [-0.15, -0.1) is 0 Å². The molecule has 3 rings (SSSR count).